The monoisotopic (exact) mass is 421 g/mol. The molecular weight excluding hydrogens is 394 g/mol. The van der Waals surface area contributed by atoms with Gasteiger partial charge in [-0.1, -0.05) is 35.5 Å². The van der Waals surface area contributed by atoms with E-state index < -0.39 is 0 Å². The molecule has 1 N–H and O–H groups in total. The van der Waals surface area contributed by atoms with Crippen molar-refractivity contribution in [1.29, 1.82) is 0 Å². The summed E-state index contributed by atoms with van der Waals surface area (Å²) in [5.41, 5.74) is 2.88. The molecule has 0 bridgehead atoms. The summed E-state index contributed by atoms with van der Waals surface area (Å²) < 4.78 is 16.9. The lowest BCUT2D eigenvalue weighted by molar-refractivity contribution is -0.0615. The van der Waals surface area contributed by atoms with Crippen LogP contribution in [-0.4, -0.2) is 34.3 Å². The van der Waals surface area contributed by atoms with Crippen LogP contribution in [0.15, 0.2) is 53.2 Å². The number of hydrogen-bond acceptors (Lipinski definition) is 6. The fourth-order valence-electron chi connectivity index (χ4n) is 3.75. The van der Waals surface area contributed by atoms with E-state index in [4.69, 9.17) is 14.0 Å². The molecule has 4 rings (SSSR count). The molecule has 1 amide bonds. The first kappa shape index (κ1) is 21.1. The minimum absolute atomic E-state index is 0.0974. The molecule has 1 atom stereocenters. The molecule has 1 unspecified atom stereocenters. The van der Waals surface area contributed by atoms with E-state index in [0.717, 1.165) is 29.7 Å². The van der Waals surface area contributed by atoms with Crippen LogP contribution >= 0.6 is 0 Å². The van der Waals surface area contributed by atoms with Gasteiger partial charge in [0.25, 0.3) is 5.91 Å². The SMILES string of the molecule is Cc1onc(-c2ccccc2)c1COc1ccc(C(=O)NC2CCOC(C)(C)C2)cn1. The molecule has 3 heterocycles. The first-order valence-corrected chi connectivity index (χ1v) is 10.5. The number of aromatic nitrogens is 2. The summed E-state index contributed by atoms with van der Waals surface area (Å²) in [6.07, 6.45) is 3.13. The highest BCUT2D eigenvalue weighted by Crippen LogP contribution is 2.26. The molecule has 3 aromatic rings. The maximum Gasteiger partial charge on any atom is 0.253 e. The maximum atomic E-state index is 12.6. The predicted octanol–water partition coefficient (Wildman–Crippen LogP) is 4.31. The molecule has 7 nitrogen and oxygen atoms in total. The average Bonchev–Trinajstić information content (AvgIpc) is 3.13. The molecule has 0 radical (unpaired) electrons. The van der Waals surface area contributed by atoms with Gasteiger partial charge in [0.05, 0.1) is 16.7 Å². The van der Waals surface area contributed by atoms with Crippen LogP contribution in [0.5, 0.6) is 5.88 Å². The Morgan fingerprint density at radius 2 is 2.03 bits per heavy atom. The van der Waals surface area contributed by atoms with Gasteiger partial charge in [-0.05, 0) is 39.7 Å². The van der Waals surface area contributed by atoms with Gasteiger partial charge in [0.2, 0.25) is 5.88 Å². The summed E-state index contributed by atoms with van der Waals surface area (Å²) in [5.74, 6) is 1.00. The number of amides is 1. The van der Waals surface area contributed by atoms with Crippen molar-refractivity contribution in [1.82, 2.24) is 15.5 Å². The molecule has 7 heteroatoms. The molecule has 31 heavy (non-hydrogen) atoms. The van der Waals surface area contributed by atoms with Gasteiger partial charge >= 0.3 is 0 Å². The maximum absolute atomic E-state index is 12.6. The molecule has 162 valence electrons. The summed E-state index contributed by atoms with van der Waals surface area (Å²) in [6, 6.07) is 13.3. The second kappa shape index (κ2) is 8.89. The Hall–Kier alpha value is -3.19. The third-order valence-electron chi connectivity index (χ3n) is 5.43. The smallest absolute Gasteiger partial charge is 0.253 e. The minimum atomic E-state index is -0.217. The number of carbonyl (C=O) groups excluding carboxylic acids is 1. The van der Waals surface area contributed by atoms with Gasteiger partial charge in [-0.2, -0.15) is 0 Å². The summed E-state index contributed by atoms with van der Waals surface area (Å²) in [7, 11) is 0. The molecular formula is C24H27N3O4. The van der Waals surface area contributed by atoms with E-state index in [-0.39, 0.29) is 24.2 Å². The fraction of sp³-hybridized carbons (Fsp3) is 0.375. The number of ether oxygens (including phenoxy) is 2. The van der Waals surface area contributed by atoms with Crippen LogP contribution in [0, 0.1) is 6.92 Å². The van der Waals surface area contributed by atoms with E-state index >= 15 is 0 Å². The summed E-state index contributed by atoms with van der Waals surface area (Å²) >= 11 is 0. The Morgan fingerprint density at radius 1 is 1.23 bits per heavy atom. The molecule has 1 saturated heterocycles. The number of benzene rings is 1. The first-order chi connectivity index (χ1) is 14.9. The van der Waals surface area contributed by atoms with Gasteiger partial charge in [0, 0.05) is 30.5 Å². The summed E-state index contributed by atoms with van der Waals surface area (Å²) in [5, 5.41) is 7.24. The molecule has 0 spiro atoms. The summed E-state index contributed by atoms with van der Waals surface area (Å²) in [6.45, 7) is 6.86. The van der Waals surface area contributed by atoms with E-state index in [1.165, 1.54) is 6.20 Å². The van der Waals surface area contributed by atoms with Crippen molar-refractivity contribution in [3.8, 4) is 17.1 Å². The Balaban J connectivity index is 1.38. The van der Waals surface area contributed by atoms with Gasteiger partial charge in [-0.3, -0.25) is 4.79 Å². The van der Waals surface area contributed by atoms with E-state index in [1.54, 1.807) is 12.1 Å². The van der Waals surface area contributed by atoms with Crippen LogP contribution in [-0.2, 0) is 11.3 Å². The Morgan fingerprint density at radius 3 is 2.74 bits per heavy atom. The van der Waals surface area contributed by atoms with E-state index in [9.17, 15) is 4.79 Å². The zero-order valence-electron chi connectivity index (χ0n) is 18.1. The van der Waals surface area contributed by atoms with Crippen molar-refractivity contribution in [2.75, 3.05) is 6.61 Å². The van der Waals surface area contributed by atoms with Crippen molar-refractivity contribution in [3.63, 3.8) is 0 Å². The molecule has 2 aromatic heterocycles. The number of pyridine rings is 1. The van der Waals surface area contributed by atoms with Crippen molar-refractivity contribution < 1.29 is 18.8 Å². The second-order valence-corrected chi connectivity index (χ2v) is 8.38. The molecule has 1 aliphatic rings. The van der Waals surface area contributed by atoms with Crippen LogP contribution < -0.4 is 10.1 Å². The van der Waals surface area contributed by atoms with Crippen molar-refractivity contribution >= 4 is 5.91 Å². The number of rotatable bonds is 6. The molecule has 0 saturated carbocycles. The summed E-state index contributed by atoms with van der Waals surface area (Å²) in [4.78, 5) is 16.9. The molecule has 1 aromatic carbocycles. The van der Waals surface area contributed by atoms with Gasteiger partial charge in [-0.25, -0.2) is 4.98 Å². The normalized spacial score (nSPS) is 17.8. The number of carbonyl (C=O) groups is 1. The lowest BCUT2D eigenvalue weighted by Crippen LogP contribution is -2.45. The number of nitrogens with one attached hydrogen (secondary N) is 1. The Bertz CT molecular complexity index is 1030. The second-order valence-electron chi connectivity index (χ2n) is 8.38. The zero-order chi connectivity index (χ0) is 21.8. The zero-order valence-corrected chi connectivity index (χ0v) is 18.1. The lowest BCUT2D eigenvalue weighted by atomic mass is 9.94. The van der Waals surface area contributed by atoms with Crippen molar-refractivity contribution in [2.45, 2.75) is 51.9 Å². The Labute approximate surface area is 181 Å². The third kappa shape index (κ3) is 5.11. The van der Waals surface area contributed by atoms with E-state index in [1.807, 2.05) is 51.1 Å². The highest BCUT2D eigenvalue weighted by molar-refractivity contribution is 5.94. The third-order valence-corrected chi connectivity index (χ3v) is 5.43. The standard InChI is InChI=1S/C24H27N3O4/c1-16-20(22(27-31-16)17-7-5-4-6-8-17)15-29-21-10-9-18(14-25-21)23(28)26-19-11-12-30-24(2,3)13-19/h4-10,14,19H,11-13,15H2,1-3H3,(H,26,28). The minimum Gasteiger partial charge on any atom is -0.473 e. The first-order valence-electron chi connectivity index (χ1n) is 10.5. The fourth-order valence-corrected chi connectivity index (χ4v) is 3.75. The van der Waals surface area contributed by atoms with Gasteiger partial charge in [0.15, 0.2) is 0 Å². The van der Waals surface area contributed by atoms with Crippen molar-refractivity contribution in [2.24, 2.45) is 0 Å². The van der Waals surface area contributed by atoms with Gasteiger partial charge in [0.1, 0.15) is 18.1 Å². The molecule has 0 aliphatic carbocycles. The van der Waals surface area contributed by atoms with E-state index in [2.05, 4.69) is 15.5 Å². The van der Waals surface area contributed by atoms with Crippen LogP contribution in [0.4, 0.5) is 0 Å². The topological polar surface area (TPSA) is 86.5 Å². The van der Waals surface area contributed by atoms with Crippen LogP contribution in [0.25, 0.3) is 11.3 Å². The van der Waals surface area contributed by atoms with E-state index in [0.29, 0.717) is 23.8 Å². The van der Waals surface area contributed by atoms with Gasteiger partial charge < -0.3 is 19.3 Å². The van der Waals surface area contributed by atoms with Crippen LogP contribution in [0.3, 0.4) is 0 Å². The van der Waals surface area contributed by atoms with Gasteiger partial charge in [-0.15, -0.1) is 0 Å². The quantitative estimate of drug-likeness (QED) is 0.638. The largest absolute Gasteiger partial charge is 0.473 e. The number of hydrogen-bond donors (Lipinski definition) is 1. The van der Waals surface area contributed by atoms with Crippen LogP contribution in [0.2, 0.25) is 0 Å². The van der Waals surface area contributed by atoms with Crippen LogP contribution in [0.1, 0.15) is 48.4 Å². The molecule has 1 fully saturated rings. The average molecular weight is 421 g/mol. The Kier molecular flexibility index (Phi) is 6.04. The lowest BCUT2D eigenvalue weighted by Gasteiger charge is -2.35. The van der Waals surface area contributed by atoms with Crippen molar-refractivity contribution in [3.05, 3.63) is 65.5 Å². The molecule has 1 aliphatic heterocycles. The number of aryl methyl sites for hydroxylation is 1. The number of nitrogens with zero attached hydrogens (tertiary/aromatic N) is 2. The highest BCUT2D eigenvalue weighted by Gasteiger charge is 2.29. The predicted molar refractivity (Wildman–Crippen MR) is 116 cm³/mol. The highest BCUT2D eigenvalue weighted by atomic mass is 16.5.